The molecule has 0 heterocycles. The number of carbonyl (C=O) groups excluding carboxylic acids is 2. The molecule has 2 aromatic rings. The van der Waals surface area contributed by atoms with Gasteiger partial charge in [-0.25, -0.2) is 4.79 Å². The zero-order chi connectivity index (χ0) is 13.7. The molecule has 5 heteroatoms. The first kappa shape index (κ1) is 12.6. The summed E-state index contributed by atoms with van der Waals surface area (Å²) in [6, 6.07) is 14.9. The highest BCUT2D eigenvalue weighted by Gasteiger charge is 2.06. The largest absolute Gasteiger partial charge is 0.417 e. The summed E-state index contributed by atoms with van der Waals surface area (Å²) >= 11 is 0. The summed E-state index contributed by atoms with van der Waals surface area (Å²) in [7, 11) is 0. The first-order valence-corrected chi connectivity index (χ1v) is 5.59. The second kappa shape index (κ2) is 5.68. The number of anilines is 1. The Morgan fingerprint density at radius 3 is 2.16 bits per heavy atom. The predicted molar refractivity (Wildman–Crippen MR) is 71.0 cm³/mol. The molecule has 0 bridgehead atoms. The summed E-state index contributed by atoms with van der Waals surface area (Å²) < 4.78 is 5.05. The zero-order valence-electron chi connectivity index (χ0n) is 10.00. The van der Waals surface area contributed by atoms with Gasteiger partial charge in [-0.05, 0) is 36.4 Å². The van der Waals surface area contributed by atoms with Gasteiger partial charge in [-0.3, -0.25) is 10.1 Å². The van der Waals surface area contributed by atoms with Crippen LogP contribution in [0.15, 0.2) is 54.6 Å². The van der Waals surface area contributed by atoms with Crippen molar-refractivity contribution in [2.45, 2.75) is 0 Å². The second-order valence-electron chi connectivity index (χ2n) is 3.77. The number of amides is 2. The van der Waals surface area contributed by atoms with Gasteiger partial charge < -0.3 is 10.5 Å². The normalized spacial score (nSPS) is 9.68. The molecule has 0 spiro atoms. The lowest BCUT2D eigenvalue weighted by molar-refractivity contribution is 0.100. The monoisotopic (exact) mass is 256 g/mol. The van der Waals surface area contributed by atoms with Crippen LogP contribution in [0.5, 0.6) is 5.75 Å². The molecule has 0 aliphatic heterocycles. The Kier molecular flexibility index (Phi) is 3.78. The van der Waals surface area contributed by atoms with Crippen molar-refractivity contribution in [1.82, 2.24) is 0 Å². The molecule has 2 rings (SSSR count). The molecule has 0 fully saturated rings. The van der Waals surface area contributed by atoms with Crippen molar-refractivity contribution < 1.29 is 14.3 Å². The molecule has 3 N–H and O–H groups in total. The van der Waals surface area contributed by atoms with E-state index in [0.717, 1.165) is 0 Å². The van der Waals surface area contributed by atoms with E-state index in [0.29, 0.717) is 17.0 Å². The van der Waals surface area contributed by atoms with Crippen molar-refractivity contribution in [2.75, 3.05) is 5.32 Å². The van der Waals surface area contributed by atoms with E-state index < -0.39 is 12.0 Å². The van der Waals surface area contributed by atoms with Crippen LogP contribution in [0.3, 0.4) is 0 Å². The topological polar surface area (TPSA) is 81.4 Å². The van der Waals surface area contributed by atoms with Gasteiger partial charge in [0.1, 0.15) is 5.75 Å². The van der Waals surface area contributed by atoms with Gasteiger partial charge in [-0.15, -0.1) is 0 Å². The molecule has 5 nitrogen and oxygen atoms in total. The second-order valence-corrected chi connectivity index (χ2v) is 3.77. The summed E-state index contributed by atoms with van der Waals surface area (Å²) in [6.45, 7) is 0. The van der Waals surface area contributed by atoms with Crippen LogP contribution in [-0.4, -0.2) is 12.0 Å². The van der Waals surface area contributed by atoms with Gasteiger partial charge in [-0.1, -0.05) is 18.2 Å². The number of hydrogen-bond donors (Lipinski definition) is 2. The van der Waals surface area contributed by atoms with Gasteiger partial charge in [0, 0.05) is 11.3 Å². The van der Waals surface area contributed by atoms with Crippen molar-refractivity contribution in [2.24, 2.45) is 5.73 Å². The number of carbonyl (C=O) groups is 2. The molecule has 96 valence electrons. The number of primary amides is 1. The molecular weight excluding hydrogens is 244 g/mol. The third kappa shape index (κ3) is 3.57. The molecular formula is C14H12N2O3. The van der Waals surface area contributed by atoms with Crippen molar-refractivity contribution in [1.29, 1.82) is 0 Å². The molecule has 0 saturated heterocycles. The standard InChI is InChI=1S/C14H12N2O3/c15-13(17)10-6-8-12(9-7-10)19-14(18)16-11-4-2-1-3-5-11/h1-9H,(H2,15,17)(H,16,18). The number of hydrogen-bond acceptors (Lipinski definition) is 3. The molecule has 2 amide bonds. The van der Waals surface area contributed by atoms with Crippen LogP contribution < -0.4 is 15.8 Å². The Morgan fingerprint density at radius 2 is 1.58 bits per heavy atom. The van der Waals surface area contributed by atoms with Crippen LogP contribution in [0, 0.1) is 0 Å². The number of rotatable bonds is 3. The van der Waals surface area contributed by atoms with Gasteiger partial charge in [0.05, 0.1) is 0 Å². The Morgan fingerprint density at radius 1 is 0.947 bits per heavy atom. The maximum Gasteiger partial charge on any atom is 0.417 e. The zero-order valence-corrected chi connectivity index (χ0v) is 10.00. The maximum absolute atomic E-state index is 11.6. The molecule has 0 unspecified atom stereocenters. The van der Waals surface area contributed by atoms with Gasteiger partial charge in [0.25, 0.3) is 0 Å². The molecule has 0 atom stereocenters. The minimum Gasteiger partial charge on any atom is -0.410 e. The Balaban J connectivity index is 1.97. The van der Waals surface area contributed by atoms with Crippen LogP contribution in [0.25, 0.3) is 0 Å². The molecule has 0 aromatic heterocycles. The molecule has 2 aromatic carbocycles. The summed E-state index contributed by atoms with van der Waals surface area (Å²) in [5.41, 5.74) is 6.11. The summed E-state index contributed by atoms with van der Waals surface area (Å²) in [6.07, 6.45) is -0.599. The molecule has 0 aliphatic rings. The average Bonchev–Trinajstić information content (AvgIpc) is 2.40. The minimum atomic E-state index is -0.599. The summed E-state index contributed by atoms with van der Waals surface area (Å²) in [5.74, 6) is -0.196. The average molecular weight is 256 g/mol. The first-order chi connectivity index (χ1) is 9.15. The van der Waals surface area contributed by atoms with Gasteiger partial charge >= 0.3 is 6.09 Å². The SMILES string of the molecule is NC(=O)c1ccc(OC(=O)Nc2ccccc2)cc1. The van der Waals surface area contributed by atoms with Crippen LogP contribution in [0.2, 0.25) is 0 Å². The van der Waals surface area contributed by atoms with Crippen LogP contribution >= 0.6 is 0 Å². The number of nitrogens with two attached hydrogens (primary N) is 1. The lowest BCUT2D eigenvalue weighted by Crippen LogP contribution is -2.16. The summed E-state index contributed by atoms with van der Waals surface area (Å²) in [4.78, 5) is 22.5. The Hall–Kier alpha value is -2.82. The van der Waals surface area contributed by atoms with E-state index in [1.54, 1.807) is 24.3 Å². The Labute approximate surface area is 110 Å². The first-order valence-electron chi connectivity index (χ1n) is 5.59. The van der Waals surface area contributed by atoms with Crippen molar-refractivity contribution in [3.05, 3.63) is 60.2 Å². The lowest BCUT2D eigenvalue weighted by atomic mass is 10.2. The van der Waals surface area contributed by atoms with Crippen LogP contribution in [0.1, 0.15) is 10.4 Å². The number of para-hydroxylation sites is 1. The van der Waals surface area contributed by atoms with E-state index in [4.69, 9.17) is 10.5 Å². The van der Waals surface area contributed by atoms with Crippen molar-refractivity contribution in [3.63, 3.8) is 0 Å². The van der Waals surface area contributed by atoms with E-state index >= 15 is 0 Å². The predicted octanol–water partition coefficient (Wildman–Crippen LogP) is 2.40. The molecule has 0 radical (unpaired) electrons. The van der Waals surface area contributed by atoms with Crippen LogP contribution in [-0.2, 0) is 0 Å². The fraction of sp³-hybridized carbons (Fsp3) is 0. The third-order valence-corrected chi connectivity index (χ3v) is 2.37. The molecule has 0 aliphatic carbocycles. The maximum atomic E-state index is 11.6. The quantitative estimate of drug-likeness (QED) is 0.884. The fourth-order valence-corrected chi connectivity index (χ4v) is 1.46. The number of ether oxygens (including phenoxy) is 1. The van der Waals surface area contributed by atoms with Gasteiger partial charge in [0.15, 0.2) is 0 Å². The highest BCUT2D eigenvalue weighted by molar-refractivity contribution is 5.93. The fourth-order valence-electron chi connectivity index (χ4n) is 1.46. The van der Waals surface area contributed by atoms with E-state index in [2.05, 4.69) is 5.32 Å². The molecule has 19 heavy (non-hydrogen) atoms. The van der Waals surface area contributed by atoms with Crippen LogP contribution in [0.4, 0.5) is 10.5 Å². The Bertz CT molecular complexity index is 579. The van der Waals surface area contributed by atoms with E-state index in [-0.39, 0.29) is 0 Å². The van der Waals surface area contributed by atoms with E-state index in [1.165, 1.54) is 24.3 Å². The highest BCUT2D eigenvalue weighted by atomic mass is 16.6. The lowest BCUT2D eigenvalue weighted by Gasteiger charge is -2.06. The minimum absolute atomic E-state index is 0.332. The van der Waals surface area contributed by atoms with E-state index in [1.807, 2.05) is 6.07 Å². The number of benzene rings is 2. The smallest absolute Gasteiger partial charge is 0.410 e. The highest BCUT2D eigenvalue weighted by Crippen LogP contribution is 2.13. The third-order valence-electron chi connectivity index (χ3n) is 2.37. The van der Waals surface area contributed by atoms with Crippen molar-refractivity contribution >= 4 is 17.7 Å². The summed E-state index contributed by atoms with van der Waals surface area (Å²) in [5, 5.41) is 2.57. The van der Waals surface area contributed by atoms with Gasteiger partial charge in [0.2, 0.25) is 5.91 Å². The number of nitrogens with one attached hydrogen (secondary N) is 1. The van der Waals surface area contributed by atoms with Crippen molar-refractivity contribution in [3.8, 4) is 5.75 Å². The van der Waals surface area contributed by atoms with Gasteiger partial charge in [-0.2, -0.15) is 0 Å². The van der Waals surface area contributed by atoms with E-state index in [9.17, 15) is 9.59 Å². The molecule has 0 saturated carbocycles.